The predicted octanol–water partition coefficient (Wildman–Crippen LogP) is 1.68. The van der Waals surface area contributed by atoms with Crippen LogP contribution in [-0.4, -0.2) is 69.1 Å². The number of likely N-dealkylation sites (N-methyl/N-ethyl adjacent to an activating group) is 1. The lowest BCUT2D eigenvalue weighted by atomic mass is 9.71. The van der Waals surface area contributed by atoms with Crippen LogP contribution in [0.5, 0.6) is 0 Å². The molecule has 24 heavy (non-hydrogen) atoms. The third-order valence-corrected chi connectivity index (χ3v) is 6.04. The van der Waals surface area contributed by atoms with Crippen molar-refractivity contribution in [3.05, 3.63) is 0 Å². The molecule has 0 atom stereocenters. The molecular weight excluding hydrogens is 300 g/mol. The average molecular weight is 339 g/mol. The number of carbonyl (C=O) groups excluding carboxylic acids is 1. The van der Waals surface area contributed by atoms with Gasteiger partial charge in [0.15, 0.2) is 0 Å². The SMILES string of the molecule is CN(C)CCN1CCC(CNC(=O)CC2(CN)CCCCC2)CC1. The number of hydrogen-bond acceptors (Lipinski definition) is 4. The lowest BCUT2D eigenvalue weighted by Gasteiger charge is -2.36. The molecule has 1 aliphatic heterocycles. The van der Waals surface area contributed by atoms with Gasteiger partial charge in [0.05, 0.1) is 0 Å². The van der Waals surface area contributed by atoms with Crippen molar-refractivity contribution in [2.45, 2.75) is 51.4 Å². The molecule has 1 saturated carbocycles. The predicted molar refractivity (Wildman–Crippen MR) is 99.9 cm³/mol. The molecule has 0 radical (unpaired) electrons. The van der Waals surface area contributed by atoms with Gasteiger partial charge < -0.3 is 20.9 Å². The van der Waals surface area contributed by atoms with Gasteiger partial charge in [-0.1, -0.05) is 19.3 Å². The van der Waals surface area contributed by atoms with Crippen molar-refractivity contribution in [2.24, 2.45) is 17.1 Å². The van der Waals surface area contributed by atoms with E-state index in [4.69, 9.17) is 5.73 Å². The first-order valence-electron chi connectivity index (χ1n) is 9.87. The monoisotopic (exact) mass is 338 g/mol. The highest BCUT2D eigenvalue weighted by Gasteiger charge is 2.33. The van der Waals surface area contributed by atoms with E-state index in [9.17, 15) is 4.79 Å². The van der Waals surface area contributed by atoms with Gasteiger partial charge in [-0.3, -0.25) is 4.79 Å². The van der Waals surface area contributed by atoms with Gasteiger partial charge >= 0.3 is 0 Å². The van der Waals surface area contributed by atoms with E-state index in [0.717, 1.165) is 32.5 Å². The van der Waals surface area contributed by atoms with Gasteiger partial charge in [0, 0.05) is 26.1 Å². The summed E-state index contributed by atoms with van der Waals surface area (Å²) in [6.07, 6.45) is 9.06. The summed E-state index contributed by atoms with van der Waals surface area (Å²) in [4.78, 5) is 17.2. The number of carbonyl (C=O) groups is 1. The van der Waals surface area contributed by atoms with Crippen LogP contribution >= 0.6 is 0 Å². The summed E-state index contributed by atoms with van der Waals surface area (Å²) in [6.45, 7) is 6.13. The van der Waals surface area contributed by atoms with Crippen LogP contribution in [0.2, 0.25) is 0 Å². The standard InChI is InChI=1S/C19H38N4O/c1-22(2)12-13-23-10-6-17(7-11-23)15-21-18(24)14-19(16-20)8-4-3-5-9-19/h17H,3-16,20H2,1-2H3,(H,21,24). The second-order valence-electron chi connectivity index (χ2n) is 8.33. The van der Waals surface area contributed by atoms with Crippen LogP contribution in [0.1, 0.15) is 51.4 Å². The number of amides is 1. The van der Waals surface area contributed by atoms with Gasteiger partial charge in [-0.25, -0.2) is 0 Å². The Bertz CT molecular complexity index is 372. The van der Waals surface area contributed by atoms with Crippen LogP contribution < -0.4 is 11.1 Å². The van der Waals surface area contributed by atoms with E-state index in [1.54, 1.807) is 0 Å². The highest BCUT2D eigenvalue weighted by Crippen LogP contribution is 2.38. The summed E-state index contributed by atoms with van der Waals surface area (Å²) in [6, 6.07) is 0. The summed E-state index contributed by atoms with van der Waals surface area (Å²) in [7, 11) is 4.26. The third-order valence-electron chi connectivity index (χ3n) is 6.04. The van der Waals surface area contributed by atoms with Crippen LogP contribution in [0.3, 0.4) is 0 Å². The number of piperidine rings is 1. The number of rotatable bonds is 8. The van der Waals surface area contributed by atoms with Gasteiger partial charge in [0.1, 0.15) is 0 Å². The van der Waals surface area contributed by atoms with Crippen molar-refractivity contribution in [1.29, 1.82) is 0 Å². The van der Waals surface area contributed by atoms with E-state index in [1.165, 1.54) is 45.2 Å². The summed E-state index contributed by atoms with van der Waals surface area (Å²) >= 11 is 0. The molecule has 2 fully saturated rings. The van der Waals surface area contributed by atoms with Crippen molar-refractivity contribution >= 4 is 5.91 Å². The van der Waals surface area contributed by atoms with Gasteiger partial charge in [-0.15, -0.1) is 0 Å². The van der Waals surface area contributed by atoms with Crippen molar-refractivity contribution in [2.75, 3.05) is 53.4 Å². The van der Waals surface area contributed by atoms with Crippen LogP contribution in [0, 0.1) is 11.3 Å². The number of nitrogens with one attached hydrogen (secondary N) is 1. The second-order valence-corrected chi connectivity index (χ2v) is 8.33. The lowest BCUT2D eigenvalue weighted by Crippen LogP contribution is -2.42. The zero-order chi connectivity index (χ0) is 17.4. The Morgan fingerprint density at radius 3 is 2.46 bits per heavy atom. The molecule has 2 rings (SSSR count). The van der Waals surface area contributed by atoms with Crippen molar-refractivity contribution < 1.29 is 4.79 Å². The zero-order valence-electron chi connectivity index (χ0n) is 15.9. The average Bonchev–Trinajstić information content (AvgIpc) is 2.60. The largest absolute Gasteiger partial charge is 0.356 e. The van der Waals surface area contributed by atoms with Crippen LogP contribution in [0.25, 0.3) is 0 Å². The van der Waals surface area contributed by atoms with Crippen LogP contribution in [0.4, 0.5) is 0 Å². The summed E-state index contributed by atoms with van der Waals surface area (Å²) in [5, 5.41) is 3.20. The van der Waals surface area contributed by atoms with E-state index in [-0.39, 0.29) is 11.3 Å². The van der Waals surface area contributed by atoms with Crippen molar-refractivity contribution in [1.82, 2.24) is 15.1 Å². The molecule has 0 aromatic heterocycles. The first-order chi connectivity index (χ1) is 11.5. The quantitative estimate of drug-likeness (QED) is 0.707. The smallest absolute Gasteiger partial charge is 0.220 e. The highest BCUT2D eigenvalue weighted by atomic mass is 16.1. The maximum atomic E-state index is 12.4. The lowest BCUT2D eigenvalue weighted by molar-refractivity contribution is -0.124. The van der Waals surface area contributed by atoms with Gasteiger partial charge in [-0.2, -0.15) is 0 Å². The van der Waals surface area contributed by atoms with E-state index in [1.807, 2.05) is 0 Å². The molecule has 2 aliphatic rings. The van der Waals surface area contributed by atoms with E-state index in [0.29, 0.717) is 18.9 Å². The molecule has 0 spiro atoms. The maximum absolute atomic E-state index is 12.4. The molecule has 0 unspecified atom stereocenters. The maximum Gasteiger partial charge on any atom is 0.220 e. The van der Waals surface area contributed by atoms with Crippen LogP contribution in [0.15, 0.2) is 0 Å². The third kappa shape index (κ3) is 6.34. The Hall–Kier alpha value is -0.650. The normalized spacial score (nSPS) is 22.7. The molecule has 140 valence electrons. The fraction of sp³-hybridized carbons (Fsp3) is 0.947. The minimum absolute atomic E-state index is 0.0812. The van der Waals surface area contributed by atoms with Crippen molar-refractivity contribution in [3.63, 3.8) is 0 Å². The second kappa shape index (κ2) is 9.73. The summed E-state index contributed by atoms with van der Waals surface area (Å²) in [5.74, 6) is 0.863. The first-order valence-corrected chi connectivity index (χ1v) is 9.87. The first kappa shape index (κ1) is 19.7. The molecule has 5 heteroatoms. The Morgan fingerprint density at radius 2 is 1.88 bits per heavy atom. The minimum Gasteiger partial charge on any atom is -0.356 e. The summed E-state index contributed by atoms with van der Waals surface area (Å²) in [5.41, 5.74) is 6.08. The summed E-state index contributed by atoms with van der Waals surface area (Å²) < 4.78 is 0. The zero-order valence-corrected chi connectivity index (χ0v) is 15.9. The van der Waals surface area contributed by atoms with Gasteiger partial charge in [-0.05, 0) is 70.7 Å². The van der Waals surface area contributed by atoms with Gasteiger partial charge in [0.25, 0.3) is 0 Å². The molecule has 1 amide bonds. The minimum atomic E-state index is 0.0812. The molecule has 1 heterocycles. The number of nitrogens with zero attached hydrogens (tertiary/aromatic N) is 2. The van der Waals surface area contributed by atoms with Gasteiger partial charge in [0.2, 0.25) is 5.91 Å². The molecule has 0 aromatic rings. The molecule has 0 aromatic carbocycles. The molecule has 5 nitrogen and oxygen atoms in total. The molecule has 1 aliphatic carbocycles. The Balaban J connectivity index is 1.64. The molecular formula is C19H38N4O. The Labute approximate surface area is 148 Å². The Kier molecular flexibility index (Phi) is 7.98. The molecule has 0 bridgehead atoms. The van der Waals surface area contributed by atoms with E-state index >= 15 is 0 Å². The Morgan fingerprint density at radius 1 is 1.21 bits per heavy atom. The number of nitrogens with two attached hydrogens (primary N) is 1. The molecule has 3 N–H and O–H groups in total. The van der Waals surface area contributed by atoms with E-state index < -0.39 is 0 Å². The van der Waals surface area contributed by atoms with E-state index in [2.05, 4.69) is 29.2 Å². The topological polar surface area (TPSA) is 61.6 Å². The van der Waals surface area contributed by atoms with Crippen LogP contribution in [-0.2, 0) is 4.79 Å². The highest BCUT2D eigenvalue weighted by molar-refractivity contribution is 5.76. The number of hydrogen-bond donors (Lipinski definition) is 2. The van der Waals surface area contributed by atoms with Crippen molar-refractivity contribution in [3.8, 4) is 0 Å². The fourth-order valence-corrected chi connectivity index (χ4v) is 4.17. The fourth-order valence-electron chi connectivity index (χ4n) is 4.17. The number of likely N-dealkylation sites (tertiary alicyclic amines) is 1. The molecule has 1 saturated heterocycles.